The van der Waals surface area contributed by atoms with E-state index in [1.165, 1.54) is 17.2 Å². The third kappa shape index (κ3) is 4.19. The summed E-state index contributed by atoms with van der Waals surface area (Å²) >= 11 is 0. The van der Waals surface area contributed by atoms with Gasteiger partial charge in [-0.1, -0.05) is 18.2 Å². The lowest BCUT2D eigenvalue weighted by Gasteiger charge is -2.18. The van der Waals surface area contributed by atoms with Gasteiger partial charge < -0.3 is 14.5 Å². The van der Waals surface area contributed by atoms with Crippen LogP contribution in [0.4, 0.5) is 20.5 Å². The number of methoxy groups -OCH3 is 1. The van der Waals surface area contributed by atoms with Crippen molar-refractivity contribution in [3.63, 3.8) is 0 Å². The Labute approximate surface area is 194 Å². The van der Waals surface area contributed by atoms with E-state index in [4.69, 9.17) is 9.15 Å². The number of hydrogen-bond donors (Lipinski definition) is 1. The van der Waals surface area contributed by atoms with Gasteiger partial charge in [-0.15, -0.1) is 0 Å². The number of ether oxygens (including phenoxy) is 1. The van der Waals surface area contributed by atoms with Gasteiger partial charge in [0.2, 0.25) is 11.9 Å². The van der Waals surface area contributed by atoms with Crippen LogP contribution < -0.4 is 15.0 Å². The number of furan rings is 1. The third-order valence-electron chi connectivity index (χ3n) is 5.58. The van der Waals surface area contributed by atoms with E-state index >= 15 is 0 Å². The van der Waals surface area contributed by atoms with Crippen LogP contribution in [-0.4, -0.2) is 23.0 Å². The number of hydrogen-bond acceptors (Lipinski definition) is 6. The Hall–Kier alpha value is -4.27. The number of anilines is 2. The Morgan fingerprint density at radius 3 is 2.65 bits per heavy atom. The fourth-order valence-corrected chi connectivity index (χ4v) is 3.83. The lowest BCUT2D eigenvalue weighted by molar-refractivity contribution is -0.117. The SMILES string of the molecule is COc1ccc(CNc2nc(-c3ccco3)c3c(n2)N(Cc2ccc(F)cc2F)C(=O)C3)cc1. The molecule has 0 fully saturated rings. The topological polar surface area (TPSA) is 80.5 Å². The number of amides is 1. The third-order valence-corrected chi connectivity index (χ3v) is 5.58. The summed E-state index contributed by atoms with van der Waals surface area (Å²) in [6, 6.07) is 14.3. The summed E-state index contributed by atoms with van der Waals surface area (Å²) in [4.78, 5) is 23.4. The van der Waals surface area contributed by atoms with Crippen LogP contribution in [0, 0.1) is 11.6 Å². The van der Waals surface area contributed by atoms with Crippen molar-refractivity contribution in [1.82, 2.24) is 9.97 Å². The maximum atomic E-state index is 14.3. The van der Waals surface area contributed by atoms with Crippen LogP contribution in [0.15, 0.2) is 65.3 Å². The average Bonchev–Trinajstić information content (AvgIpc) is 3.48. The highest BCUT2D eigenvalue weighted by atomic mass is 19.1. The average molecular weight is 462 g/mol. The monoisotopic (exact) mass is 462 g/mol. The van der Waals surface area contributed by atoms with Gasteiger partial charge in [-0.05, 0) is 35.9 Å². The van der Waals surface area contributed by atoms with Gasteiger partial charge in [0, 0.05) is 23.7 Å². The standard InChI is InChI=1S/C25H20F2N4O3/c1-33-18-8-4-15(5-9-18)13-28-25-29-23(21-3-2-10-34-21)19-12-22(32)31(24(19)30-25)14-16-6-7-17(26)11-20(16)27/h2-11H,12-14H2,1H3,(H,28,29,30). The molecule has 2 aromatic carbocycles. The molecule has 4 aromatic rings. The van der Waals surface area contributed by atoms with Crippen LogP contribution in [0.5, 0.6) is 5.75 Å². The molecule has 1 aliphatic heterocycles. The number of aromatic nitrogens is 2. The highest BCUT2D eigenvalue weighted by molar-refractivity contribution is 6.02. The van der Waals surface area contributed by atoms with Gasteiger partial charge in [-0.25, -0.2) is 13.8 Å². The molecule has 1 N–H and O–H groups in total. The predicted molar refractivity (Wildman–Crippen MR) is 121 cm³/mol. The van der Waals surface area contributed by atoms with E-state index in [9.17, 15) is 13.6 Å². The van der Waals surface area contributed by atoms with Gasteiger partial charge in [-0.2, -0.15) is 4.98 Å². The molecule has 2 aromatic heterocycles. The summed E-state index contributed by atoms with van der Waals surface area (Å²) in [5, 5.41) is 3.18. The van der Waals surface area contributed by atoms with E-state index in [-0.39, 0.29) is 24.4 Å². The smallest absolute Gasteiger partial charge is 0.233 e. The van der Waals surface area contributed by atoms with Gasteiger partial charge >= 0.3 is 0 Å². The molecule has 34 heavy (non-hydrogen) atoms. The van der Waals surface area contributed by atoms with Crippen LogP contribution in [0.25, 0.3) is 11.5 Å². The second-order valence-corrected chi connectivity index (χ2v) is 7.77. The molecule has 3 heterocycles. The minimum atomic E-state index is -0.723. The van der Waals surface area contributed by atoms with Crippen molar-refractivity contribution in [2.75, 3.05) is 17.3 Å². The van der Waals surface area contributed by atoms with Gasteiger partial charge in [-0.3, -0.25) is 9.69 Å². The van der Waals surface area contributed by atoms with Crippen molar-refractivity contribution in [3.05, 3.63) is 89.2 Å². The maximum Gasteiger partial charge on any atom is 0.233 e. The first kappa shape index (κ1) is 21.6. The van der Waals surface area contributed by atoms with Crippen molar-refractivity contribution < 1.29 is 22.7 Å². The van der Waals surface area contributed by atoms with E-state index in [1.807, 2.05) is 24.3 Å². The molecule has 5 rings (SSSR count). The zero-order valence-corrected chi connectivity index (χ0v) is 18.2. The van der Waals surface area contributed by atoms with Crippen LogP contribution in [0.2, 0.25) is 0 Å². The molecule has 0 bridgehead atoms. The van der Waals surface area contributed by atoms with Crippen molar-refractivity contribution in [2.45, 2.75) is 19.5 Å². The number of carbonyl (C=O) groups is 1. The zero-order valence-electron chi connectivity index (χ0n) is 18.2. The molecular formula is C25H20F2N4O3. The molecule has 0 atom stereocenters. The lowest BCUT2D eigenvalue weighted by atomic mass is 10.1. The number of fused-ring (bicyclic) bond motifs is 1. The van der Waals surface area contributed by atoms with Crippen LogP contribution in [0.1, 0.15) is 16.7 Å². The first-order valence-corrected chi connectivity index (χ1v) is 10.6. The molecule has 0 saturated heterocycles. The summed E-state index contributed by atoms with van der Waals surface area (Å²) in [5.74, 6) is 0.246. The molecule has 7 nitrogen and oxygen atoms in total. The number of benzene rings is 2. The Bertz CT molecular complexity index is 1340. The number of nitrogens with zero attached hydrogens (tertiary/aromatic N) is 3. The summed E-state index contributed by atoms with van der Waals surface area (Å²) < 4.78 is 38.4. The molecule has 1 aliphatic rings. The first-order chi connectivity index (χ1) is 16.5. The summed E-state index contributed by atoms with van der Waals surface area (Å²) in [5.41, 5.74) is 2.25. The van der Waals surface area contributed by atoms with Crippen molar-refractivity contribution in [3.8, 4) is 17.2 Å². The Balaban J connectivity index is 1.49. The van der Waals surface area contributed by atoms with E-state index in [1.54, 1.807) is 19.2 Å². The molecular weight excluding hydrogens is 442 g/mol. The van der Waals surface area contributed by atoms with Crippen LogP contribution >= 0.6 is 0 Å². The fraction of sp³-hybridized carbons (Fsp3) is 0.160. The minimum Gasteiger partial charge on any atom is -0.497 e. The number of nitrogens with one attached hydrogen (secondary N) is 1. The molecule has 1 amide bonds. The summed E-state index contributed by atoms with van der Waals surface area (Å²) in [6.07, 6.45) is 1.57. The highest BCUT2D eigenvalue weighted by Gasteiger charge is 2.34. The molecule has 0 saturated carbocycles. The van der Waals surface area contributed by atoms with Crippen LogP contribution in [0.3, 0.4) is 0 Å². The normalized spacial score (nSPS) is 12.7. The fourth-order valence-electron chi connectivity index (χ4n) is 3.83. The molecule has 172 valence electrons. The highest BCUT2D eigenvalue weighted by Crippen LogP contribution is 2.36. The van der Waals surface area contributed by atoms with Crippen LogP contribution in [-0.2, 0) is 24.3 Å². The lowest BCUT2D eigenvalue weighted by Crippen LogP contribution is -2.27. The summed E-state index contributed by atoms with van der Waals surface area (Å²) in [6.45, 7) is 0.353. The van der Waals surface area contributed by atoms with E-state index < -0.39 is 11.6 Å². The Morgan fingerprint density at radius 1 is 1.12 bits per heavy atom. The molecule has 0 aliphatic carbocycles. The van der Waals surface area contributed by atoms with Crippen molar-refractivity contribution >= 4 is 17.7 Å². The van der Waals surface area contributed by atoms with Crippen molar-refractivity contribution in [2.24, 2.45) is 0 Å². The van der Waals surface area contributed by atoms with Gasteiger partial charge in [0.15, 0.2) is 5.76 Å². The number of carbonyl (C=O) groups excluding carboxylic acids is 1. The Morgan fingerprint density at radius 2 is 1.94 bits per heavy atom. The minimum absolute atomic E-state index is 0.0486. The molecule has 9 heteroatoms. The second kappa shape index (κ2) is 8.93. The van der Waals surface area contributed by atoms with E-state index in [0.717, 1.165) is 23.4 Å². The number of rotatable bonds is 7. The van der Waals surface area contributed by atoms with Gasteiger partial charge in [0.05, 0.1) is 26.3 Å². The first-order valence-electron chi connectivity index (χ1n) is 10.6. The zero-order chi connectivity index (χ0) is 23.7. The van der Waals surface area contributed by atoms with Gasteiger partial charge in [0.1, 0.15) is 28.9 Å². The maximum absolute atomic E-state index is 14.3. The molecule has 0 spiro atoms. The molecule has 0 radical (unpaired) electrons. The largest absolute Gasteiger partial charge is 0.497 e. The number of halogens is 2. The van der Waals surface area contributed by atoms with Gasteiger partial charge in [0.25, 0.3) is 0 Å². The summed E-state index contributed by atoms with van der Waals surface area (Å²) in [7, 11) is 1.60. The quantitative estimate of drug-likeness (QED) is 0.428. The predicted octanol–water partition coefficient (Wildman–Crippen LogP) is 4.72. The second-order valence-electron chi connectivity index (χ2n) is 7.77. The van der Waals surface area contributed by atoms with E-state index in [0.29, 0.717) is 35.3 Å². The molecule has 0 unspecified atom stereocenters. The van der Waals surface area contributed by atoms with Crippen molar-refractivity contribution in [1.29, 1.82) is 0 Å². The Kier molecular flexibility index (Phi) is 5.67. The van der Waals surface area contributed by atoms with E-state index in [2.05, 4.69) is 15.3 Å².